The Morgan fingerprint density at radius 3 is 2.68 bits per heavy atom. The Morgan fingerprint density at radius 2 is 2.00 bits per heavy atom. The number of hydrogen-bond acceptors (Lipinski definition) is 7. The van der Waals surface area contributed by atoms with E-state index in [0.717, 1.165) is 25.7 Å². The summed E-state index contributed by atoms with van der Waals surface area (Å²) in [6, 6.07) is 3.01. The predicted octanol–water partition coefficient (Wildman–Crippen LogP) is 3.58. The van der Waals surface area contributed by atoms with Crippen molar-refractivity contribution in [3.8, 4) is 0 Å². The number of alkyl halides is 3. The molecule has 2 fully saturated rings. The van der Waals surface area contributed by atoms with Crippen LogP contribution in [0.1, 0.15) is 72.6 Å². The summed E-state index contributed by atoms with van der Waals surface area (Å²) in [7, 11) is 0. The van der Waals surface area contributed by atoms with Crippen molar-refractivity contribution in [2.45, 2.75) is 64.6 Å². The van der Waals surface area contributed by atoms with Gasteiger partial charge in [-0.2, -0.15) is 18.3 Å². The number of nitrogens with zero attached hydrogens (tertiary/aromatic N) is 5. The number of fused-ring (bicyclic) bond motifs is 1. The van der Waals surface area contributed by atoms with Crippen LogP contribution in [0.25, 0.3) is 5.65 Å². The maximum atomic E-state index is 13.2. The van der Waals surface area contributed by atoms with Crippen molar-refractivity contribution in [2.75, 3.05) is 6.54 Å². The van der Waals surface area contributed by atoms with Crippen molar-refractivity contribution in [1.29, 1.82) is 0 Å². The first kappa shape index (κ1) is 26.1. The first-order valence-electron chi connectivity index (χ1n) is 12.9. The minimum atomic E-state index is -4.36. The molecule has 5 rings (SSSR count). The summed E-state index contributed by atoms with van der Waals surface area (Å²) < 4.78 is 45.9. The molecule has 204 valence electrons. The molecule has 3 aromatic heterocycles. The van der Waals surface area contributed by atoms with E-state index in [1.54, 1.807) is 29.8 Å². The third-order valence-electron chi connectivity index (χ3n) is 7.78. The minimum Gasteiger partial charge on any atom is -0.355 e. The number of aromatic nitrogens is 5. The number of carbonyl (C=O) groups excluding carboxylic acids is 2. The first-order chi connectivity index (χ1) is 18.1. The number of halogens is 3. The number of carbonyl (C=O) groups is 2. The molecule has 2 aliphatic rings. The van der Waals surface area contributed by atoms with E-state index in [-0.39, 0.29) is 24.5 Å². The van der Waals surface area contributed by atoms with E-state index in [0.29, 0.717) is 28.6 Å². The number of imidazole rings is 1. The fraction of sp³-hybridized carbons (Fsp3) is 0.600. The van der Waals surface area contributed by atoms with Gasteiger partial charge in [0.1, 0.15) is 5.69 Å². The monoisotopic (exact) mass is 533 g/mol. The van der Waals surface area contributed by atoms with Gasteiger partial charge in [-0.25, -0.2) is 14.1 Å². The molecular weight excluding hydrogens is 503 g/mol. The van der Waals surface area contributed by atoms with Gasteiger partial charge < -0.3 is 10.6 Å². The number of amides is 2. The first-order valence-corrected chi connectivity index (χ1v) is 12.9. The smallest absolute Gasteiger partial charge is 0.355 e. The van der Waals surface area contributed by atoms with E-state index in [9.17, 15) is 22.8 Å². The van der Waals surface area contributed by atoms with Crippen LogP contribution in [-0.2, 0) is 11.2 Å². The van der Waals surface area contributed by atoms with Crippen molar-refractivity contribution >= 4 is 17.5 Å². The molecule has 3 aromatic rings. The summed E-state index contributed by atoms with van der Waals surface area (Å²) in [5, 5.41) is 17.4. The Hall–Kier alpha value is -3.51. The quantitative estimate of drug-likeness (QED) is 0.496. The molecule has 1 saturated carbocycles. The lowest BCUT2D eigenvalue weighted by atomic mass is 9.78. The molecular formula is C25H30F3N7O3. The maximum Gasteiger partial charge on any atom is 0.393 e. The van der Waals surface area contributed by atoms with E-state index in [4.69, 9.17) is 4.98 Å². The molecule has 13 heteroatoms. The van der Waals surface area contributed by atoms with Crippen LogP contribution in [0.3, 0.4) is 0 Å². The second-order valence-electron chi connectivity index (χ2n) is 10.6. The average Bonchev–Trinajstić information content (AvgIpc) is 3.49. The van der Waals surface area contributed by atoms with Crippen LogP contribution in [0.5, 0.6) is 0 Å². The fourth-order valence-corrected chi connectivity index (χ4v) is 5.48. The maximum absolute atomic E-state index is 13.2. The lowest BCUT2D eigenvalue weighted by molar-refractivity contribution is -0.183. The highest BCUT2D eigenvalue weighted by Crippen LogP contribution is 2.37. The highest BCUT2D eigenvalue weighted by atomic mass is 19.4. The van der Waals surface area contributed by atoms with Gasteiger partial charge in [-0.3, -0.25) is 9.59 Å². The summed E-state index contributed by atoms with van der Waals surface area (Å²) in [4.78, 5) is 30.0. The summed E-state index contributed by atoms with van der Waals surface area (Å²) in [6.45, 7) is 3.46. The van der Waals surface area contributed by atoms with Crippen molar-refractivity contribution in [2.24, 2.45) is 23.7 Å². The van der Waals surface area contributed by atoms with Gasteiger partial charge in [-0.1, -0.05) is 24.9 Å². The van der Waals surface area contributed by atoms with Crippen molar-refractivity contribution < 1.29 is 27.4 Å². The van der Waals surface area contributed by atoms with Gasteiger partial charge in [0.05, 0.1) is 29.5 Å². The molecule has 0 bridgehead atoms. The minimum absolute atomic E-state index is 0.0843. The molecule has 1 unspecified atom stereocenters. The topological polar surface area (TPSA) is 127 Å². The lowest BCUT2D eigenvalue weighted by Crippen LogP contribution is -2.47. The molecule has 4 heterocycles. The van der Waals surface area contributed by atoms with Crippen LogP contribution >= 0.6 is 0 Å². The van der Waals surface area contributed by atoms with Crippen LogP contribution in [-0.4, -0.2) is 49.4 Å². The van der Waals surface area contributed by atoms with E-state index >= 15 is 0 Å². The Bertz CT molecular complexity index is 1310. The largest absolute Gasteiger partial charge is 0.393 e. The highest BCUT2D eigenvalue weighted by molar-refractivity contribution is 5.93. The van der Waals surface area contributed by atoms with Gasteiger partial charge in [0.15, 0.2) is 11.3 Å². The van der Waals surface area contributed by atoms with E-state index < -0.39 is 42.4 Å². The van der Waals surface area contributed by atoms with Gasteiger partial charge in [0, 0.05) is 18.9 Å². The molecule has 0 radical (unpaired) electrons. The molecule has 1 aliphatic carbocycles. The number of piperidine rings is 1. The van der Waals surface area contributed by atoms with Gasteiger partial charge in [0.2, 0.25) is 5.91 Å². The predicted molar refractivity (Wildman–Crippen MR) is 128 cm³/mol. The molecule has 38 heavy (non-hydrogen) atoms. The normalized spacial score (nSPS) is 25.2. The molecule has 2 N–H and O–H groups in total. The van der Waals surface area contributed by atoms with Crippen LogP contribution < -0.4 is 10.6 Å². The molecule has 0 aromatic carbocycles. The molecule has 1 aliphatic heterocycles. The third kappa shape index (κ3) is 5.51. The second kappa shape index (κ2) is 10.3. The van der Waals surface area contributed by atoms with E-state index in [1.165, 1.54) is 0 Å². The Balaban J connectivity index is 1.38. The van der Waals surface area contributed by atoms with Crippen molar-refractivity contribution in [1.82, 2.24) is 35.5 Å². The standard InChI is InChI=1S/C25H30F3N7O3/c1-13-3-5-15(6-4-13)22(31-24(37)21-14(2)33-38-34-21)19-12-35-20(30-19)8-7-18(32-35)10-16-9-17(25(26,27)28)11-29-23(16)36/h7-8,12-13,15-17,22H,3-6,9-11H2,1-2H3,(H,29,36)(H,31,37)/t13?,15?,16?,17-,22+/m1/s1. The SMILES string of the molecule is Cc1nonc1C(=O)N[C@H](c1cn2nc(CC3C[C@@H](C(F)(F)F)CNC3=O)ccc2n1)C1CCC(C)CC1. The van der Waals surface area contributed by atoms with Gasteiger partial charge in [-0.15, -0.1) is 0 Å². The number of rotatable bonds is 6. The van der Waals surface area contributed by atoms with Crippen LogP contribution in [0, 0.1) is 30.6 Å². The molecule has 10 nitrogen and oxygen atoms in total. The van der Waals surface area contributed by atoms with Gasteiger partial charge in [-0.05, 0) is 55.3 Å². The zero-order valence-corrected chi connectivity index (χ0v) is 21.2. The van der Waals surface area contributed by atoms with Gasteiger partial charge in [0.25, 0.3) is 5.91 Å². The van der Waals surface area contributed by atoms with E-state index in [1.807, 2.05) is 0 Å². The Labute approximate surface area is 216 Å². The number of aryl methyl sites for hydroxylation is 1. The second-order valence-corrected chi connectivity index (χ2v) is 10.6. The van der Waals surface area contributed by atoms with Crippen LogP contribution in [0.4, 0.5) is 13.2 Å². The molecule has 0 spiro atoms. The van der Waals surface area contributed by atoms with Gasteiger partial charge >= 0.3 is 6.18 Å². The van der Waals surface area contributed by atoms with Crippen molar-refractivity contribution in [3.63, 3.8) is 0 Å². The van der Waals surface area contributed by atoms with Crippen LogP contribution in [0.15, 0.2) is 23.0 Å². The van der Waals surface area contributed by atoms with E-state index in [2.05, 4.69) is 37.6 Å². The fourth-order valence-electron chi connectivity index (χ4n) is 5.48. The zero-order chi connectivity index (χ0) is 27.0. The third-order valence-corrected chi connectivity index (χ3v) is 7.78. The van der Waals surface area contributed by atoms with Crippen molar-refractivity contribution in [3.05, 3.63) is 41.1 Å². The Kier molecular flexibility index (Phi) is 7.10. The molecule has 1 saturated heterocycles. The average molecular weight is 534 g/mol. The summed E-state index contributed by atoms with van der Waals surface area (Å²) in [5.74, 6) is -2.42. The lowest BCUT2D eigenvalue weighted by Gasteiger charge is -2.32. The van der Waals surface area contributed by atoms with Crippen LogP contribution in [0.2, 0.25) is 0 Å². The zero-order valence-electron chi connectivity index (χ0n) is 21.2. The highest BCUT2D eigenvalue weighted by Gasteiger charge is 2.44. The summed E-state index contributed by atoms with van der Waals surface area (Å²) in [6.07, 6.45) is 1.11. The number of nitrogens with one attached hydrogen (secondary N) is 2. The summed E-state index contributed by atoms with van der Waals surface area (Å²) in [5.41, 5.74) is 2.16. The molecule has 2 amide bonds. The number of hydrogen-bond donors (Lipinski definition) is 2. The Morgan fingerprint density at radius 1 is 1.24 bits per heavy atom. The molecule has 3 atom stereocenters. The summed E-state index contributed by atoms with van der Waals surface area (Å²) >= 11 is 0.